The smallest absolute Gasteiger partial charge is 0.0671 e. The molecule has 0 aromatic carbocycles. The van der Waals surface area contributed by atoms with E-state index in [-0.39, 0.29) is 0 Å². The second kappa shape index (κ2) is 6.17. The van der Waals surface area contributed by atoms with Crippen molar-refractivity contribution in [3.05, 3.63) is 12.2 Å². The first-order valence-corrected chi connectivity index (χ1v) is 5.34. The van der Waals surface area contributed by atoms with Crippen molar-refractivity contribution in [1.29, 1.82) is 0 Å². The van der Waals surface area contributed by atoms with Gasteiger partial charge in [-0.05, 0) is 33.1 Å². The number of ether oxygens (including phenoxy) is 1. The Hall–Kier alpha value is -0.340. The Labute approximate surface area is 81.4 Å². The molecule has 1 aliphatic carbocycles. The van der Waals surface area contributed by atoms with Crippen molar-refractivity contribution in [1.82, 2.24) is 5.32 Å². The van der Waals surface area contributed by atoms with E-state index < -0.39 is 0 Å². The molecule has 2 heteroatoms. The number of hydrogen-bond acceptors (Lipinski definition) is 2. The van der Waals surface area contributed by atoms with E-state index in [2.05, 4.69) is 24.4 Å². The van der Waals surface area contributed by atoms with Crippen LogP contribution in [-0.2, 0) is 4.74 Å². The molecule has 0 aliphatic heterocycles. The van der Waals surface area contributed by atoms with Gasteiger partial charge in [0.1, 0.15) is 0 Å². The highest BCUT2D eigenvalue weighted by Crippen LogP contribution is 2.09. The van der Waals surface area contributed by atoms with E-state index >= 15 is 0 Å². The van der Waals surface area contributed by atoms with Crippen LogP contribution in [0.25, 0.3) is 0 Å². The zero-order valence-corrected chi connectivity index (χ0v) is 8.75. The van der Waals surface area contributed by atoms with Crippen LogP contribution in [0.5, 0.6) is 0 Å². The Morgan fingerprint density at radius 1 is 1.62 bits per heavy atom. The molecule has 76 valence electrons. The van der Waals surface area contributed by atoms with E-state index in [1.807, 2.05) is 6.92 Å². The predicted octanol–water partition coefficient (Wildman–Crippen LogP) is 2.11. The lowest BCUT2D eigenvalue weighted by Crippen LogP contribution is -2.35. The second-order valence-electron chi connectivity index (χ2n) is 3.64. The molecule has 2 atom stereocenters. The van der Waals surface area contributed by atoms with Gasteiger partial charge >= 0.3 is 0 Å². The first-order valence-electron chi connectivity index (χ1n) is 5.34. The van der Waals surface area contributed by atoms with E-state index in [0.717, 1.165) is 13.2 Å². The molecule has 0 spiro atoms. The summed E-state index contributed by atoms with van der Waals surface area (Å²) in [6.45, 7) is 5.92. The van der Waals surface area contributed by atoms with Crippen molar-refractivity contribution in [2.24, 2.45) is 0 Å². The van der Waals surface area contributed by atoms with Crippen molar-refractivity contribution < 1.29 is 4.74 Å². The van der Waals surface area contributed by atoms with Crippen molar-refractivity contribution in [2.45, 2.75) is 45.3 Å². The summed E-state index contributed by atoms with van der Waals surface area (Å²) in [7, 11) is 0. The standard InChI is InChI=1S/C11H21NO/c1-3-13-10(2)9-12-11-7-5-4-6-8-11/h5,7,10-12H,3-4,6,8-9H2,1-2H3. The molecule has 0 saturated carbocycles. The topological polar surface area (TPSA) is 21.3 Å². The second-order valence-corrected chi connectivity index (χ2v) is 3.64. The predicted molar refractivity (Wildman–Crippen MR) is 55.9 cm³/mol. The lowest BCUT2D eigenvalue weighted by Gasteiger charge is -2.20. The Balaban J connectivity index is 2.10. The Bertz CT molecular complexity index is 156. The maximum absolute atomic E-state index is 5.45. The number of rotatable bonds is 5. The first kappa shape index (κ1) is 10.7. The maximum atomic E-state index is 5.45. The van der Waals surface area contributed by atoms with Gasteiger partial charge in [-0.1, -0.05) is 12.2 Å². The molecule has 0 saturated heterocycles. The lowest BCUT2D eigenvalue weighted by atomic mass is 10.0. The highest BCUT2D eigenvalue weighted by molar-refractivity contribution is 4.97. The quantitative estimate of drug-likeness (QED) is 0.659. The molecule has 2 nitrogen and oxygen atoms in total. The zero-order chi connectivity index (χ0) is 9.52. The van der Waals surface area contributed by atoms with E-state index in [9.17, 15) is 0 Å². The fraction of sp³-hybridized carbons (Fsp3) is 0.818. The van der Waals surface area contributed by atoms with Gasteiger partial charge in [0.2, 0.25) is 0 Å². The lowest BCUT2D eigenvalue weighted by molar-refractivity contribution is 0.0746. The van der Waals surface area contributed by atoms with E-state index in [0.29, 0.717) is 12.1 Å². The summed E-state index contributed by atoms with van der Waals surface area (Å²) in [5, 5.41) is 3.49. The molecule has 0 amide bonds. The van der Waals surface area contributed by atoms with Crippen LogP contribution in [0.15, 0.2) is 12.2 Å². The normalized spacial score (nSPS) is 24.6. The largest absolute Gasteiger partial charge is 0.377 e. The Kier molecular flexibility index (Phi) is 5.09. The third-order valence-corrected chi connectivity index (χ3v) is 2.37. The summed E-state index contributed by atoms with van der Waals surface area (Å²) in [4.78, 5) is 0. The Morgan fingerprint density at radius 2 is 2.46 bits per heavy atom. The molecule has 0 aromatic rings. The molecule has 0 aromatic heterocycles. The van der Waals surface area contributed by atoms with Crippen LogP contribution in [-0.4, -0.2) is 25.3 Å². The Morgan fingerprint density at radius 3 is 3.08 bits per heavy atom. The summed E-state index contributed by atoms with van der Waals surface area (Å²) < 4.78 is 5.45. The minimum Gasteiger partial charge on any atom is -0.377 e. The minimum atomic E-state index is 0.334. The highest BCUT2D eigenvalue weighted by atomic mass is 16.5. The molecule has 2 unspecified atom stereocenters. The SMILES string of the molecule is CCOC(C)CNC1C=CCCC1. The van der Waals surface area contributed by atoms with Crippen molar-refractivity contribution >= 4 is 0 Å². The monoisotopic (exact) mass is 183 g/mol. The van der Waals surface area contributed by atoms with Crippen molar-refractivity contribution in [2.75, 3.05) is 13.2 Å². The molecule has 1 aliphatic rings. The molecule has 0 heterocycles. The molecule has 1 N–H and O–H groups in total. The summed E-state index contributed by atoms with van der Waals surface area (Å²) >= 11 is 0. The molecular formula is C11H21NO. The maximum Gasteiger partial charge on any atom is 0.0671 e. The van der Waals surface area contributed by atoms with Gasteiger partial charge in [0.05, 0.1) is 6.10 Å². The summed E-state index contributed by atoms with van der Waals surface area (Å²) in [5.41, 5.74) is 0. The van der Waals surface area contributed by atoms with Crippen LogP contribution in [0.1, 0.15) is 33.1 Å². The zero-order valence-electron chi connectivity index (χ0n) is 8.75. The molecular weight excluding hydrogens is 162 g/mol. The van der Waals surface area contributed by atoms with Gasteiger partial charge in [-0.3, -0.25) is 0 Å². The molecule has 1 rings (SSSR count). The van der Waals surface area contributed by atoms with Crippen LogP contribution in [0.2, 0.25) is 0 Å². The number of nitrogens with one attached hydrogen (secondary N) is 1. The summed E-state index contributed by atoms with van der Waals surface area (Å²) in [5.74, 6) is 0. The van der Waals surface area contributed by atoms with Crippen LogP contribution in [0.4, 0.5) is 0 Å². The average Bonchev–Trinajstić information content (AvgIpc) is 2.17. The minimum absolute atomic E-state index is 0.334. The van der Waals surface area contributed by atoms with Gasteiger partial charge in [0.25, 0.3) is 0 Å². The molecule has 0 bridgehead atoms. The van der Waals surface area contributed by atoms with Gasteiger partial charge < -0.3 is 10.1 Å². The summed E-state index contributed by atoms with van der Waals surface area (Å²) in [6.07, 6.45) is 8.72. The fourth-order valence-corrected chi connectivity index (χ4v) is 1.64. The molecule has 0 radical (unpaired) electrons. The molecule has 0 fully saturated rings. The van der Waals surface area contributed by atoms with Gasteiger partial charge in [-0.25, -0.2) is 0 Å². The third-order valence-electron chi connectivity index (χ3n) is 2.37. The van der Waals surface area contributed by atoms with E-state index in [1.54, 1.807) is 0 Å². The third kappa shape index (κ3) is 4.44. The van der Waals surface area contributed by atoms with E-state index in [1.165, 1.54) is 19.3 Å². The highest BCUT2D eigenvalue weighted by Gasteiger charge is 2.08. The van der Waals surface area contributed by atoms with Gasteiger partial charge in [0, 0.05) is 19.2 Å². The fourth-order valence-electron chi connectivity index (χ4n) is 1.64. The van der Waals surface area contributed by atoms with Crippen LogP contribution >= 0.6 is 0 Å². The van der Waals surface area contributed by atoms with Crippen molar-refractivity contribution in [3.63, 3.8) is 0 Å². The number of allylic oxidation sites excluding steroid dienone is 1. The van der Waals surface area contributed by atoms with Crippen LogP contribution in [0, 0.1) is 0 Å². The average molecular weight is 183 g/mol. The van der Waals surface area contributed by atoms with Gasteiger partial charge in [0.15, 0.2) is 0 Å². The summed E-state index contributed by atoms with van der Waals surface area (Å²) in [6, 6.07) is 0.580. The van der Waals surface area contributed by atoms with Gasteiger partial charge in [-0.15, -0.1) is 0 Å². The molecule has 13 heavy (non-hydrogen) atoms. The first-order chi connectivity index (χ1) is 6.33. The van der Waals surface area contributed by atoms with Crippen LogP contribution in [0.3, 0.4) is 0 Å². The van der Waals surface area contributed by atoms with Crippen LogP contribution < -0.4 is 5.32 Å². The number of hydrogen-bond donors (Lipinski definition) is 1. The van der Waals surface area contributed by atoms with E-state index in [4.69, 9.17) is 4.74 Å². The van der Waals surface area contributed by atoms with Gasteiger partial charge in [-0.2, -0.15) is 0 Å². The van der Waals surface area contributed by atoms with Crippen molar-refractivity contribution in [3.8, 4) is 0 Å².